The Labute approximate surface area is 166 Å². The summed E-state index contributed by atoms with van der Waals surface area (Å²) >= 11 is 0. The maximum Gasteiger partial charge on any atom is 0.330 e. The Morgan fingerprint density at radius 1 is 1.21 bits per heavy atom. The van der Waals surface area contributed by atoms with Gasteiger partial charge in [0.1, 0.15) is 0 Å². The minimum atomic E-state index is -1.10. The second-order valence-electron chi connectivity index (χ2n) is 7.99. The van der Waals surface area contributed by atoms with Gasteiger partial charge >= 0.3 is 12.0 Å². The number of hydrogen-bond donors (Lipinski definition) is 3. The van der Waals surface area contributed by atoms with Crippen LogP contribution in [0.25, 0.3) is 0 Å². The highest BCUT2D eigenvalue weighted by molar-refractivity contribution is 5.86. The van der Waals surface area contributed by atoms with Crippen LogP contribution in [0, 0.1) is 25.7 Å². The number of benzene rings is 1. The molecule has 3 amide bonds. The molecular formula is C21H31N3O4. The molecule has 7 heteroatoms. The third-order valence-corrected chi connectivity index (χ3v) is 5.14. The molecular weight excluding hydrogens is 358 g/mol. The molecule has 2 atom stereocenters. The van der Waals surface area contributed by atoms with Crippen molar-refractivity contribution in [3.63, 3.8) is 0 Å². The topological polar surface area (TPSA) is 98.7 Å². The molecule has 0 aliphatic carbocycles. The lowest BCUT2D eigenvalue weighted by Crippen LogP contribution is -2.50. The number of carboxylic acid groups (broad SMARTS) is 1. The quantitative estimate of drug-likeness (QED) is 0.696. The summed E-state index contributed by atoms with van der Waals surface area (Å²) in [5.41, 5.74) is 2.59. The number of nitrogens with zero attached hydrogens (tertiary/aromatic N) is 1. The summed E-state index contributed by atoms with van der Waals surface area (Å²) < 4.78 is 0. The number of piperidine rings is 1. The first-order chi connectivity index (χ1) is 13.2. The van der Waals surface area contributed by atoms with Crippen LogP contribution in [-0.2, 0) is 9.59 Å². The fourth-order valence-corrected chi connectivity index (χ4v) is 3.27. The number of urea groups is 1. The van der Waals surface area contributed by atoms with Crippen molar-refractivity contribution in [2.75, 3.05) is 19.6 Å². The predicted octanol–water partition coefficient (Wildman–Crippen LogP) is 2.62. The standard InChI is InChI=1S/C21H31N3O4/c1-13(2)11-22-21(28)24-9-5-6-17(12-24)19(25)23-18(20(26)27)16-8-7-14(3)15(4)10-16/h7-8,10,13,17-18H,5-6,9,11-12H2,1-4H3,(H,22,28)(H,23,25)(H,26,27). The summed E-state index contributed by atoms with van der Waals surface area (Å²) in [4.78, 5) is 38.4. The average Bonchev–Trinajstić information content (AvgIpc) is 2.66. The van der Waals surface area contributed by atoms with E-state index in [-0.39, 0.29) is 11.9 Å². The van der Waals surface area contributed by atoms with Gasteiger partial charge < -0.3 is 20.6 Å². The third-order valence-electron chi connectivity index (χ3n) is 5.14. The molecule has 1 heterocycles. The van der Waals surface area contributed by atoms with Crippen LogP contribution in [0.5, 0.6) is 0 Å². The van der Waals surface area contributed by atoms with Gasteiger partial charge in [0.2, 0.25) is 5.91 Å². The fraction of sp³-hybridized carbons (Fsp3) is 0.571. The molecule has 0 spiro atoms. The minimum absolute atomic E-state index is 0.171. The zero-order valence-electron chi connectivity index (χ0n) is 17.1. The molecule has 2 rings (SSSR count). The Balaban J connectivity index is 2.03. The van der Waals surface area contributed by atoms with E-state index in [1.807, 2.05) is 33.8 Å². The molecule has 0 bridgehead atoms. The van der Waals surface area contributed by atoms with E-state index in [1.165, 1.54) is 0 Å². The van der Waals surface area contributed by atoms with Gasteiger partial charge in [-0.15, -0.1) is 0 Å². The monoisotopic (exact) mass is 389 g/mol. The summed E-state index contributed by atoms with van der Waals surface area (Å²) in [6.45, 7) is 9.39. The number of aliphatic carboxylic acids is 1. The molecule has 1 aliphatic rings. The summed E-state index contributed by atoms with van der Waals surface area (Å²) in [7, 11) is 0. The van der Waals surface area contributed by atoms with Gasteiger partial charge in [-0.2, -0.15) is 0 Å². The lowest BCUT2D eigenvalue weighted by Gasteiger charge is -2.32. The highest BCUT2D eigenvalue weighted by Gasteiger charge is 2.31. The molecule has 1 fully saturated rings. The van der Waals surface area contributed by atoms with Gasteiger partial charge in [0.15, 0.2) is 6.04 Å². The SMILES string of the molecule is Cc1ccc(C(NC(=O)C2CCCN(C(=O)NCC(C)C)C2)C(=O)O)cc1C. The van der Waals surface area contributed by atoms with Crippen LogP contribution in [0.15, 0.2) is 18.2 Å². The number of amides is 3. The number of nitrogens with one attached hydrogen (secondary N) is 2. The van der Waals surface area contributed by atoms with E-state index in [2.05, 4.69) is 10.6 Å². The Morgan fingerprint density at radius 3 is 2.54 bits per heavy atom. The normalized spacial score (nSPS) is 17.9. The number of aryl methyl sites for hydroxylation is 2. The number of hydrogen-bond acceptors (Lipinski definition) is 3. The van der Waals surface area contributed by atoms with E-state index in [0.29, 0.717) is 44.0 Å². The average molecular weight is 389 g/mol. The first kappa shape index (κ1) is 21.7. The van der Waals surface area contributed by atoms with E-state index in [4.69, 9.17) is 0 Å². The van der Waals surface area contributed by atoms with Crippen molar-refractivity contribution in [1.29, 1.82) is 0 Å². The molecule has 28 heavy (non-hydrogen) atoms. The number of carbonyl (C=O) groups excluding carboxylic acids is 2. The minimum Gasteiger partial charge on any atom is -0.479 e. The molecule has 7 nitrogen and oxygen atoms in total. The van der Waals surface area contributed by atoms with E-state index < -0.39 is 17.9 Å². The highest BCUT2D eigenvalue weighted by Crippen LogP contribution is 2.21. The zero-order chi connectivity index (χ0) is 20.8. The number of carbonyl (C=O) groups is 3. The van der Waals surface area contributed by atoms with Crippen molar-refractivity contribution >= 4 is 17.9 Å². The smallest absolute Gasteiger partial charge is 0.330 e. The third kappa shape index (κ3) is 5.71. The Kier molecular flexibility index (Phi) is 7.43. The Hall–Kier alpha value is -2.57. The molecule has 1 aliphatic heterocycles. The highest BCUT2D eigenvalue weighted by atomic mass is 16.4. The summed E-state index contributed by atoms with van der Waals surface area (Å²) in [6, 6.07) is 4.11. The van der Waals surface area contributed by atoms with Crippen LogP contribution >= 0.6 is 0 Å². The molecule has 154 valence electrons. The first-order valence-electron chi connectivity index (χ1n) is 9.82. The van der Waals surface area contributed by atoms with Crippen LogP contribution in [-0.4, -0.2) is 47.5 Å². The lowest BCUT2D eigenvalue weighted by molar-refractivity contribution is -0.143. The van der Waals surface area contributed by atoms with Crippen LogP contribution in [0.1, 0.15) is 49.4 Å². The van der Waals surface area contributed by atoms with E-state index in [0.717, 1.165) is 11.1 Å². The predicted molar refractivity (Wildman–Crippen MR) is 107 cm³/mol. The molecule has 2 unspecified atom stereocenters. The second kappa shape index (κ2) is 9.57. The van der Waals surface area contributed by atoms with Gasteiger partial charge in [0, 0.05) is 19.6 Å². The summed E-state index contributed by atoms with van der Waals surface area (Å²) in [6.07, 6.45) is 1.35. The Morgan fingerprint density at radius 2 is 1.93 bits per heavy atom. The number of rotatable bonds is 6. The van der Waals surface area contributed by atoms with Crippen LogP contribution in [0.3, 0.4) is 0 Å². The van der Waals surface area contributed by atoms with Gasteiger partial charge in [-0.3, -0.25) is 4.79 Å². The van der Waals surface area contributed by atoms with E-state index in [9.17, 15) is 19.5 Å². The molecule has 1 aromatic rings. The van der Waals surface area contributed by atoms with Crippen LogP contribution < -0.4 is 10.6 Å². The van der Waals surface area contributed by atoms with Crippen molar-refractivity contribution in [2.24, 2.45) is 11.8 Å². The Bertz CT molecular complexity index is 732. The van der Waals surface area contributed by atoms with Crippen molar-refractivity contribution in [3.05, 3.63) is 34.9 Å². The van der Waals surface area contributed by atoms with Gasteiger partial charge in [0.25, 0.3) is 0 Å². The molecule has 0 radical (unpaired) electrons. The fourth-order valence-electron chi connectivity index (χ4n) is 3.27. The maximum absolute atomic E-state index is 12.7. The van der Waals surface area contributed by atoms with Gasteiger partial charge in [-0.05, 0) is 49.3 Å². The van der Waals surface area contributed by atoms with Crippen molar-refractivity contribution < 1.29 is 19.5 Å². The van der Waals surface area contributed by atoms with Gasteiger partial charge in [0.05, 0.1) is 5.92 Å². The molecule has 1 aromatic carbocycles. The molecule has 1 saturated heterocycles. The molecule has 0 saturated carbocycles. The number of likely N-dealkylation sites (tertiary alicyclic amines) is 1. The summed E-state index contributed by atoms with van der Waals surface area (Å²) in [5.74, 6) is -1.49. The summed E-state index contributed by atoms with van der Waals surface area (Å²) in [5, 5.41) is 15.1. The molecule has 0 aromatic heterocycles. The zero-order valence-corrected chi connectivity index (χ0v) is 17.1. The van der Waals surface area contributed by atoms with Gasteiger partial charge in [-0.1, -0.05) is 32.0 Å². The lowest BCUT2D eigenvalue weighted by atomic mass is 9.95. The van der Waals surface area contributed by atoms with E-state index >= 15 is 0 Å². The van der Waals surface area contributed by atoms with Crippen molar-refractivity contribution in [3.8, 4) is 0 Å². The van der Waals surface area contributed by atoms with Gasteiger partial charge in [-0.25, -0.2) is 9.59 Å². The largest absolute Gasteiger partial charge is 0.479 e. The van der Waals surface area contributed by atoms with Crippen molar-refractivity contribution in [2.45, 2.75) is 46.6 Å². The first-order valence-corrected chi connectivity index (χ1v) is 9.82. The number of carboxylic acids is 1. The van der Waals surface area contributed by atoms with Crippen LogP contribution in [0.4, 0.5) is 4.79 Å². The van der Waals surface area contributed by atoms with Crippen molar-refractivity contribution in [1.82, 2.24) is 15.5 Å². The second-order valence-corrected chi connectivity index (χ2v) is 7.99. The molecule has 3 N–H and O–H groups in total. The maximum atomic E-state index is 12.7. The van der Waals surface area contributed by atoms with E-state index in [1.54, 1.807) is 17.0 Å². The van der Waals surface area contributed by atoms with Crippen LogP contribution in [0.2, 0.25) is 0 Å².